The van der Waals surface area contributed by atoms with E-state index in [1.165, 1.54) is 11.3 Å². The van der Waals surface area contributed by atoms with Crippen LogP contribution in [0.25, 0.3) is 0 Å². The summed E-state index contributed by atoms with van der Waals surface area (Å²) in [7, 11) is 0. The van der Waals surface area contributed by atoms with Crippen molar-refractivity contribution in [3.05, 3.63) is 46.7 Å². The predicted octanol–water partition coefficient (Wildman–Crippen LogP) is 4.21. The number of hydrogen-bond donors (Lipinski definition) is 2. The third-order valence-corrected chi connectivity index (χ3v) is 4.22. The average molecular weight is 301 g/mol. The van der Waals surface area contributed by atoms with Crippen LogP contribution in [0.5, 0.6) is 0 Å². The molecule has 0 saturated heterocycles. The molecule has 0 amide bonds. The third-order valence-electron chi connectivity index (χ3n) is 2.46. The Morgan fingerprint density at radius 1 is 1.21 bits per heavy atom. The molecular weight excluding hydrogens is 288 g/mol. The second kappa shape index (κ2) is 6.88. The highest BCUT2D eigenvalue weighted by atomic mass is 32.2. The van der Waals surface area contributed by atoms with Gasteiger partial charge in [-0.15, -0.1) is 11.3 Å². The van der Waals surface area contributed by atoms with E-state index in [4.69, 9.17) is 0 Å². The number of alkyl halides is 2. The van der Waals surface area contributed by atoms with Crippen LogP contribution >= 0.6 is 23.1 Å². The zero-order valence-electron chi connectivity index (χ0n) is 9.92. The van der Waals surface area contributed by atoms with Gasteiger partial charge in [0.2, 0.25) is 0 Å². The summed E-state index contributed by atoms with van der Waals surface area (Å²) in [5.41, 5.74) is 0.614. The van der Waals surface area contributed by atoms with E-state index < -0.39 is 11.9 Å². The number of aliphatic hydroxyl groups is 1. The molecule has 0 spiro atoms. The molecule has 0 aliphatic heterocycles. The van der Waals surface area contributed by atoms with Crippen molar-refractivity contribution < 1.29 is 13.9 Å². The molecule has 0 radical (unpaired) electrons. The van der Waals surface area contributed by atoms with E-state index in [2.05, 4.69) is 5.32 Å². The fourth-order valence-electron chi connectivity index (χ4n) is 1.60. The Bertz CT molecular complexity index is 505. The second-order valence-electron chi connectivity index (χ2n) is 3.79. The first-order valence-electron chi connectivity index (χ1n) is 5.66. The van der Waals surface area contributed by atoms with Crippen molar-refractivity contribution in [1.29, 1.82) is 0 Å². The van der Waals surface area contributed by atoms with Gasteiger partial charge in [0.25, 0.3) is 5.76 Å². The Hall–Kier alpha value is -1.11. The predicted molar refractivity (Wildman–Crippen MR) is 76.1 cm³/mol. The first kappa shape index (κ1) is 14.3. The lowest BCUT2D eigenvalue weighted by Crippen LogP contribution is -2.11. The topological polar surface area (TPSA) is 32.3 Å². The number of aliphatic hydroxyl groups excluding tert-OH is 1. The van der Waals surface area contributed by atoms with Gasteiger partial charge < -0.3 is 10.4 Å². The fourth-order valence-corrected chi connectivity index (χ4v) is 2.93. The molecule has 0 aliphatic rings. The fraction of sp³-hybridized carbons (Fsp3) is 0.231. The van der Waals surface area contributed by atoms with E-state index in [1.54, 1.807) is 24.3 Å². The van der Waals surface area contributed by atoms with Gasteiger partial charge in [-0.1, -0.05) is 30.0 Å². The van der Waals surface area contributed by atoms with Crippen LogP contribution in [0.15, 0.2) is 46.7 Å². The Balaban J connectivity index is 1.99. The number of halogens is 2. The summed E-state index contributed by atoms with van der Waals surface area (Å²) in [4.78, 5) is 1.34. The lowest BCUT2D eigenvalue weighted by atomic mass is 10.2. The van der Waals surface area contributed by atoms with E-state index in [-0.39, 0.29) is 0 Å². The first-order chi connectivity index (χ1) is 9.16. The van der Waals surface area contributed by atoms with Crippen molar-refractivity contribution in [3.63, 3.8) is 0 Å². The van der Waals surface area contributed by atoms with Crippen molar-refractivity contribution in [1.82, 2.24) is 0 Å². The van der Waals surface area contributed by atoms with Gasteiger partial charge in [0.1, 0.15) is 6.10 Å². The van der Waals surface area contributed by atoms with E-state index in [0.29, 0.717) is 28.9 Å². The SMILES string of the molecule is OC(CNc1ccccc1SC(F)F)c1cccs1. The second-order valence-corrected chi connectivity index (χ2v) is 5.80. The number of para-hydroxylation sites is 1. The molecule has 0 saturated carbocycles. The monoisotopic (exact) mass is 301 g/mol. The van der Waals surface area contributed by atoms with E-state index in [1.807, 2.05) is 17.5 Å². The van der Waals surface area contributed by atoms with Crippen LogP contribution in [0.3, 0.4) is 0 Å². The molecule has 2 aromatic rings. The van der Waals surface area contributed by atoms with Crippen LogP contribution < -0.4 is 5.32 Å². The van der Waals surface area contributed by atoms with Crippen molar-refractivity contribution in [2.24, 2.45) is 0 Å². The molecule has 1 aromatic carbocycles. The minimum atomic E-state index is -2.45. The summed E-state index contributed by atoms with van der Waals surface area (Å²) in [6.07, 6.45) is -0.635. The standard InChI is InChI=1S/C13H13F2NOS2/c14-13(15)19-11-5-2-1-4-9(11)16-8-10(17)12-6-3-7-18-12/h1-7,10,13,16-17H,8H2. The van der Waals surface area contributed by atoms with Gasteiger partial charge in [-0.3, -0.25) is 0 Å². The molecule has 0 fully saturated rings. The van der Waals surface area contributed by atoms with Crippen LogP contribution in [0.4, 0.5) is 14.5 Å². The van der Waals surface area contributed by atoms with Gasteiger partial charge in [-0.2, -0.15) is 8.78 Å². The van der Waals surface area contributed by atoms with Crippen molar-refractivity contribution in [2.45, 2.75) is 16.8 Å². The molecule has 2 rings (SSSR count). The molecule has 0 aliphatic carbocycles. The van der Waals surface area contributed by atoms with Crippen LogP contribution in [0.2, 0.25) is 0 Å². The van der Waals surface area contributed by atoms with Crippen molar-refractivity contribution in [3.8, 4) is 0 Å². The Morgan fingerprint density at radius 3 is 2.68 bits per heavy atom. The van der Waals surface area contributed by atoms with Gasteiger partial charge in [0.05, 0.1) is 0 Å². The molecular formula is C13H13F2NOS2. The van der Waals surface area contributed by atoms with Gasteiger partial charge in [0, 0.05) is 22.0 Å². The summed E-state index contributed by atoms with van der Waals surface area (Å²) in [5.74, 6) is -2.45. The smallest absolute Gasteiger partial charge is 0.288 e. The molecule has 0 bridgehead atoms. The Morgan fingerprint density at radius 2 is 2.00 bits per heavy atom. The number of nitrogens with one attached hydrogen (secondary N) is 1. The average Bonchev–Trinajstić information content (AvgIpc) is 2.90. The van der Waals surface area contributed by atoms with Crippen LogP contribution in [-0.2, 0) is 0 Å². The summed E-state index contributed by atoms with van der Waals surface area (Å²) >= 11 is 1.97. The van der Waals surface area contributed by atoms with Crippen LogP contribution in [0.1, 0.15) is 11.0 Å². The Kier molecular flexibility index (Phi) is 5.18. The number of hydrogen-bond acceptors (Lipinski definition) is 4. The quantitative estimate of drug-likeness (QED) is 0.784. The molecule has 6 heteroatoms. The number of thiophene rings is 1. The maximum Gasteiger partial charge on any atom is 0.288 e. The van der Waals surface area contributed by atoms with Crippen molar-refractivity contribution >= 4 is 28.8 Å². The van der Waals surface area contributed by atoms with Gasteiger partial charge in [0.15, 0.2) is 0 Å². The summed E-state index contributed by atoms with van der Waals surface area (Å²) < 4.78 is 24.8. The maximum atomic E-state index is 12.4. The Labute approximate surface area is 118 Å². The minimum absolute atomic E-state index is 0.293. The van der Waals surface area contributed by atoms with E-state index in [9.17, 15) is 13.9 Å². The lowest BCUT2D eigenvalue weighted by molar-refractivity contribution is 0.195. The summed E-state index contributed by atoms with van der Waals surface area (Å²) in [6.45, 7) is 0.293. The molecule has 1 unspecified atom stereocenters. The van der Waals surface area contributed by atoms with Gasteiger partial charge >= 0.3 is 0 Å². The maximum absolute atomic E-state index is 12.4. The number of thioether (sulfide) groups is 1. The molecule has 1 atom stereocenters. The third kappa shape index (κ3) is 4.19. The van der Waals surface area contributed by atoms with Crippen LogP contribution in [-0.4, -0.2) is 17.4 Å². The zero-order valence-corrected chi connectivity index (χ0v) is 11.6. The zero-order chi connectivity index (χ0) is 13.7. The highest BCUT2D eigenvalue weighted by Gasteiger charge is 2.12. The summed E-state index contributed by atoms with van der Waals surface area (Å²) in [6, 6.07) is 10.6. The molecule has 2 nitrogen and oxygen atoms in total. The largest absolute Gasteiger partial charge is 0.386 e. The van der Waals surface area contributed by atoms with Gasteiger partial charge in [-0.05, 0) is 23.6 Å². The number of rotatable bonds is 6. The van der Waals surface area contributed by atoms with E-state index >= 15 is 0 Å². The number of benzene rings is 1. The molecule has 2 N–H and O–H groups in total. The van der Waals surface area contributed by atoms with Gasteiger partial charge in [-0.25, -0.2) is 0 Å². The minimum Gasteiger partial charge on any atom is -0.386 e. The first-order valence-corrected chi connectivity index (χ1v) is 7.42. The molecule has 19 heavy (non-hydrogen) atoms. The molecule has 1 heterocycles. The lowest BCUT2D eigenvalue weighted by Gasteiger charge is -2.14. The highest BCUT2D eigenvalue weighted by Crippen LogP contribution is 2.32. The number of anilines is 1. The molecule has 102 valence electrons. The normalized spacial score (nSPS) is 12.6. The van der Waals surface area contributed by atoms with Crippen molar-refractivity contribution in [2.75, 3.05) is 11.9 Å². The van der Waals surface area contributed by atoms with E-state index in [0.717, 1.165) is 4.88 Å². The molecule has 1 aromatic heterocycles. The van der Waals surface area contributed by atoms with Crippen LogP contribution in [0, 0.1) is 0 Å². The highest BCUT2D eigenvalue weighted by molar-refractivity contribution is 7.99. The summed E-state index contributed by atoms with van der Waals surface area (Å²) in [5, 5.41) is 14.8.